The zero-order chi connectivity index (χ0) is 22.7. The van der Waals surface area contributed by atoms with Crippen LogP contribution in [0.25, 0.3) is 5.69 Å². The van der Waals surface area contributed by atoms with E-state index in [1.807, 2.05) is 0 Å². The lowest BCUT2D eigenvalue weighted by molar-refractivity contribution is 0.0894. The molecule has 3 atom stereocenters. The lowest BCUT2D eigenvalue weighted by Gasteiger charge is -2.21. The zero-order valence-corrected chi connectivity index (χ0v) is 18.9. The van der Waals surface area contributed by atoms with E-state index in [4.69, 9.17) is 16.3 Å². The first-order chi connectivity index (χ1) is 15.4. The van der Waals surface area contributed by atoms with Gasteiger partial charge in [0.15, 0.2) is 0 Å². The Balaban J connectivity index is 1.45. The Kier molecular flexibility index (Phi) is 6.74. The SMILES string of the molecule is CO[C@@H]1C[C@@H](NC(=O)c2ccc(-n3ccccc3=O)cc2)[C@H](NC(=O)c2ccc(Cl)s2)C1. The van der Waals surface area contributed by atoms with Gasteiger partial charge in [-0.1, -0.05) is 17.7 Å². The number of methoxy groups -OCH3 is 1. The van der Waals surface area contributed by atoms with Crippen LogP contribution in [0.3, 0.4) is 0 Å². The zero-order valence-electron chi connectivity index (χ0n) is 17.3. The number of halogens is 1. The standard InChI is InChI=1S/C23H22ClN3O4S/c1-31-16-12-17(18(13-16)26-23(30)19-9-10-20(24)32-19)25-22(29)14-5-7-15(8-6-14)27-11-3-2-4-21(27)28/h2-11,16-18H,12-13H2,1H3,(H,25,29)(H,26,30)/t16-,17-,18-/m1/s1. The van der Waals surface area contributed by atoms with E-state index < -0.39 is 0 Å². The predicted octanol–water partition coefficient (Wildman–Crippen LogP) is 3.26. The third-order valence-electron chi connectivity index (χ3n) is 5.51. The van der Waals surface area contributed by atoms with Crippen LogP contribution < -0.4 is 16.2 Å². The average molecular weight is 472 g/mol. The molecule has 0 spiro atoms. The second-order valence-electron chi connectivity index (χ2n) is 7.55. The van der Waals surface area contributed by atoms with Crippen molar-refractivity contribution in [2.24, 2.45) is 0 Å². The average Bonchev–Trinajstić information content (AvgIpc) is 3.40. The topological polar surface area (TPSA) is 89.4 Å². The minimum Gasteiger partial charge on any atom is -0.381 e. The fraction of sp³-hybridized carbons (Fsp3) is 0.261. The summed E-state index contributed by atoms with van der Waals surface area (Å²) in [6.45, 7) is 0. The molecule has 166 valence electrons. The van der Waals surface area contributed by atoms with Crippen LogP contribution in [0.2, 0.25) is 4.34 Å². The van der Waals surface area contributed by atoms with Crippen molar-refractivity contribution in [3.05, 3.63) is 85.9 Å². The highest BCUT2D eigenvalue weighted by Crippen LogP contribution is 2.25. The first kappa shape index (κ1) is 22.3. The largest absolute Gasteiger partial charge is 0.381 e. The molecular formula is C23H22ClN3O4S. The van der Waals surface area contributed by atoms with Crippen molar-refractivity contribution in [1.82, 2.24) is 15.2 Å². The molecule has 2 heterocycles. The Morgan fingerprint density at radius 2 is 1.69 bits per heavy atom. The molecule has 0 aliphatic heterocycles. The van der Waals surface area contributed by atoms with Crippen LogP contribution in [0.5, 0.6) is 0 Å². The van der Waals surface area contributed by atoms with Gasteiger partial charge in [0.1, 0.15) is 0 Å². The van der Waals surface area contributed by atoms with Crippen molar-refractivity contribution >= 4 is 34.8 Å². The third kappa shape index (κ3) is 4.93. The van der Waals surface area contributed by atoms with E-state index in [1.54, 1.807) is 61.8 Å². The summed E-state index contributed by atoms with van der Waals surface area (Å²) in [5.74, 6) is -0.474. The first-order valence-electron chi connectivity index (χ1n) is 10.1. The van der Waals surface area contributed by atoms with E-state index in [0.717, 1.165) is 0 Å². The summed E-state index contributed by atoms with van der Waals surface area (Å²) in [5.41, 5.74) is 0.993. The molecule has 0 saturated heterocycles. The number of nitrogens with one attached hydrogen (secondary N) is 2. The van der Waals surface area contributed by atoms with E-state index in [9.17, 15) is 14.4 Å². The minimum atomic E-state index is -0.275. The maximum atomic E-state index is 12.9. The normalized spacial score (nSPS) is 20.1. The number of pyridine rings is 1. The number of nitrogens with zero attached hydrogens (tertiary/aromatic N) is 1. The fourth-order valence-electron chi connectivity index (χ4n) is 3.84. The summed E-state index contributed by atoms with van der Waals surface area (Å²) >= 11 is 7.14. The molecule has 2 N–H and O–H groups in total. The Morgan fingerprint density at radius 3 is 2.28 bits per heavy atom. The van der Waals surface area contributed by atoms with Crippen LogP contribution >= 0.6 is 22.9 Å². The molecule has 2 aromatic heterocycles. The lowest BCUT2D eigenvalue weighted by atomic mass is 10.1. The van der Waals surface area contributed by atoms with Crippen molar-refractivity contribution in [2.45, 2.75) is 31.0 Å². The molecule has 2 amide bonds. The summed E-state index contributed by atoms with van der Waals surface area (Å²) in [6, 6.07) is 14.5. The number of carbonyl (C=O) groups is 2. The Morgan fingerprint density at radius 1 is 1.00 bits per heavy atom. The number of hydrogen-bond donors (Lipinski definition) is 2. The van der Waals surface area contributed by atoms with E-state index in [2.05, 4.69) is 10.6 Å². The molecule has 1 saturated carbocycles. The molecule has 0 radical (unpaired) electrons. The highest BCUT2D eigenvalue weighted by molar-refractivity contribution is 7.18. The molecule has 1 fully saturated rings. The summed E-state index contributed by atoms with van der Waals surface area (Å²) in [5, 5.41) is 6.01. The van der Waals surface area contributed by atoms with Crippen LogP contribution in [-0.4, -0.2) is 41.7 Å². The second kappa shape index (κ2) is 9.68. The van der Waals surface area contributed by atoms with E-state index in [0.29, 0.717) is 33.3 Å². The van der Waals surface area contributed by atoms with Gasteiger partial charge in [0.2, 0.25) is 0 Å². The van der Waals surface area contributed by atoms with Gasteiger partial charge in [0.05, 0.1) is 27.4 Å². The molecule has 1 aliphatic carbocycles. The molecule has 4 rings (SSSR count). The van der Waals surface area contributed by atoms with Gasteiger partial charge < -0.3 is 15.4 Å². The fourth-order valence-corrected chi connectivity index (χ4v) is 4.79. The van der Waals surface area contributed by atoms with Crippen molar-refractivity contribution in [3.8, 4) is 5.69 Å². The number of rotatable bonds is 6. The van der Waals surface area contributed by atoms with Crippen molar-refractivity contribution in [2.75, 3.05) is 7.11 Å². The van der Waals surface area contributed by atoms with Crippen LogP contribution in [-0.2, 0) is 4.74 Å². The number of hydrogen-bond acceptors (Lipinski definition) is 5. The summed E-state index contributed by atoms with van der Waals surface area (Å²) in [6.07, 6.45) is 2.80. The smallest absolute Gasteiger partial charge is 0.261 e. The van der Waals surface area contributed by atoms with Gasteiger partial charge >= 0.3 is 0 Å². The van der Waals surface area contributed by atoms with E-state index in [-0.39, 0.29) is 35.6 Å². The summed E-state index contributed by atoms with van der Waals surface area (Å²) < 4.78 is 7.52. The van der Waals surface area contributed by atoms with Crippen molar-refractivity contribution < 1.29 is 14.3 Å². The maximum Gasteiger partial charge on any atom is 0.261 e. The third-order valence-corrected chi connectivity index (χ3v) is 6.74. The number of benzene rings is 1. The van der Waals surface area contributed by atoms with Gasteiger partial charge in [0, 0.05) is 30.6 Å². The number of thiophene rings is 1. The number of amides is 2. The van der Waals surface area contributed by atoms with E-state index in [1.165, 1.54) is 22.0 Å². The maximum absolute atomic E-state index is 12.9. The first-order valence-corrected chi connectivity index (χ1v) is 11.3. The molecule has 7 nitrogen and oxygen atoms in total. The lowest BCUT2D eigenvalue weighted by Crippen LogP contribution is -2.48. The van der Waals surface area contributed by atoms with Gasteiger partial charge in [-0.05, 0) is 55.3 Å². The van der Waals surface area contributed by atoms with Gasteiger partial charge in [-0.25, -0.2) is 0 Å². The second-order valence-corrected chi connectivity index (χ2v) is 9.26. The van der Waals surface area contributed by atoms with Crippen LogP contribution in [0.1, 0.15) is 32.9 Å². The molecule has 0 bridgehead atoms. The van der Waals surface area contributed by atoms with Crippen molar-refractivity contribution in [1.29, 1.82) is 0 Å². The monoisotopic (exact) mass is 471 g/mol. The van der Waals surface area contributed by atoms with Crippen molar-refractivity contribution in [3.63, 3.8) is 0 Å². The quantitative estimate of drug-likeness (QED) is 0.577. The highest BCUT2D eigenvalue weighted by Gasteiger charge is 2.36. The van der Waals surface area contributed by atoms with Crippen LogP contribution in [0.4, 0.5) is 0 Å². The number of ether oxygens (including phenoxy) is 1. The van der Waals surface area contributed by atoms with Gasteiger partial charge in [-0.3, -0.25) is 19.0 Å². The van der Waals surface area contributed by atoms with Gasteiger partial charge in [0.25, 0.3) is 17.4 Å². The Bertz CT molecular complexity index is 1170. The van der Waals surface area contributed by atoms with Gasteiger partial charge in [-0.2, -0.15) is 0 Å². The van der Waals surface area contributed by atoms with E-state index >= 15 is 0 Å². The molecule has 0 unspecified atom stereocenters. The Labute approximate surface area is 194 Å². The number of carbonyl (C=O) groups excluding carboxylic acids is 2. The predicted molar refractivity (Wildman–Crippen MR) is 124 cm³/mol. The molecular weight excluding hydrogens is 450 g/mol. The summed E-state index contributed by atoms with van der Waals surface area (Å²) in [4.78, 5) is 37.9. The molecule has 32 heavy (non-hydrogen) atoms. The molecule has 1 aliphatic rings. The highest BCUT2D eigenvalue weighted by atomic mass is 35.5. The van der Waals surface area contributed by atoms with Gasteiger partial charge in [-0.15, -0.1) is 11.3 Å². The molecule has 9 heteroatoms. The Hall–Kier alpha value is -2.94. The van der Waals surface area contributed by atoms with Crippen LogP contribution in [0, 0.1) is 0 Å². The van der Waals surface area contributed by atoms with Crippen LogP contribution in [0.15, 0.2) is 65.6 Å². The minimum absolute atomic E-state index is 0.0649. The number of aromatic nitrogens is 1. The molecule has 1 aromatic carbocycles. The summed E-state index contributed by atoms with van der Waals surface area (Å²) in [7, 11) is 1.62. The molecule has 3 aromatic rings.